The average molecular weight is 299 g/mol. The molecule has 1 aromatic rings. The van der Waals surface area contributed by atoms with Gasteiger partial charge in [0, 0.05) is 5.92 Å². The van der Waals surface area contributed by atoms with Gasteiger partial charge in [-0.3, -0.25) is 0 Å². The minimum Gasteiger partial charge on any atom is -0.496 e. The molecule has 0 spiro atoms. The number of carbonyl (C=O) groups is 1. The summed E-state index contributed by atoms with van der Waals surface area (Å²) in [6.07, 6.45) is 7.20. The molecule has 0 unspecified atom stereocenters. The number of ether oxygens (including phenoxy) is 2. The standard InChI is InChI=1S/C18H21NO3/c1-3-13-10-12(8-9-16(13)21-2)11-15-18(20)22-17(19-15)14-6-4-5-7-14/h8-11,14H,3-7H2,1-2H3/b15-11+. The fourth-order valence-electron chi connectivity index (χ4n) is 3.10. The summed E-state index contributed by atoms with van der Waals surface area (Å²) in [5.74, 6) is 1.46. The number of hydrogen-bond donors (Lipinski definition) is 0. The molecule has 1 aliphatic heterocycles. The molecule has 0 saturated heterocycles. The Balaban J connectivity index is 1.86. The summed E-state index contributed by atoms with van der Waals surface area (Å²) in [5.41, 5.74) is 2.46. The van der Waals surface area contributed by atoms with Crippen LogP contribution in [0.3, 0.4) is 0 Å². The lowest BCUT2D eigenvalue weighted by Gasteiger charge is -2.07. The molecule has 1 heterocycles. The SMILES string of the molecule is CCc1cc(/C=C2/N=C(C3CCCC3)OC2=O)ccc1OC. The highest BCUT2D eigenvalue weighted by Gasteiger charge is 2.30. The van der Waals surface area contributed by atoms with Crippen LogP contribution in [0.1, 0.15) is 43.7 Å². The summed E-state index contributed by atoms with van der Waals surface area (Å²) in [4.78, 5) is 16.4. The lowest BCUT2D eigenvalue weighted by Crippen LogP contribution is -2.12. The van der Waals surface area contributed by atoms with Crippen molar-refractivity contribution in [3.05, 3.63) is 35.0 Å². The second kappa shape index (κ2) is 6.34. The summed E-state index contributed by atoms with van der Waals surface area (Å²) >= 11 is 0. The van der Waals surface area contributed by atoms with Crippen LogP contribution in [0.5, 0.6) is 5.75 Å². The maximum absolute atomic E-state index is 12.0. The molecule has 1 aromatic carbocycles. The Kier molecular flexibility index (Phi) is 4.27. The average Bonchev–Trinajstić information content (AvgIpc) is 3.17. The van der Waals surface area contributed by atoms with Gasteiger partial charge in [-0.05, 0) is 48.6 Å². The molecule has 1 aliphatic carbocycles. The van der Waals surface area contributed by atoms with Gasteiger partial charge in [0.25, 0.3) is 0 Å². The predicted octanol–water partition coefficient (Wildman–Crippen LogP) is 3.74. The molecule has 4 heteroatoms. The molecule has 0 atom stereocenters. The fourth-order valence-corrected chi connectivity index (χ4v) is 3.10. The first kappa shape index (κ1) is 14.8. The van der Waals surface area contributed by atoms with E-state index >= 15 is 0 Å². The Bertz CT molecular complexity index is 640. The van der Waals surface area contributed by atoms with Crippen molar-refractivity contribution >= 4 is 17.9 Å². The van der Waals surface area contributed by atoms with E-state index in [2.05, 4.69) is 11.9 Å². The van der Waals surface area contributed by atoms with Crippen molar-refractivity contribution in [3.8, 4) is 5.75 Å². The number of carbonyl (C=O) groups excluding carboxylic acids is 1. The summed E-state index contributed by atoms with van der Waals surface area (Å²) in [5, 5.41) is 0. The molecule has 0 N–H and O–H groups in total. The number of esters is 1. The third-order valence-electron chi connectivity index (χ3n) is 4.33. The Labute approximate surface area is 130 Å². The van der Waals surface area contributed by atoms with Crippen molar-refractivity contribution < 1.29 is 14.3 Å². The van der Waals surface area contributed by atoms with Gasteiger partial charge in [-0.25, -0.2) is 9.79 Å². The maximum atomic E-state index is 12.0. The first-order valence-corrected chi connectivity index (χ1v) is 7.90. The van der Waals surface area contributed by atoms with Crippen LogP contribution in [0.15, 0.2) is 28.9 Å². The van der Waals surface area contributed by atoms with Gasteiger partial charge in [-0.2, -0.15) is 0 Å². The van der Waals surface area contributed by atoms with E-state index in [0.29, 0.717) is 17.5 Å². The molecular weight excluding hydrogens is 278 g/mol. The van der Waals surface area contributed by atoms with Gasteiger partial charge < -0.3 is 9.47 Å². The van der Waals surface area contributed by atoms with Crippen molar-refractivity contribution in [1.29, 1.82) is 0 Å². The van der Waals surface area contributed by atoms with Gasteiger partial charge in [-0.1, -0.05) is 25.8 Å². The summed E-state index contributed by atoms with van der Waals surface area (Å²) in [6, 6.07) is 5.89. The molecule has 22 heavy (non-hydrogen) atoms. The highest BCUT2D eigenvalue weighted by atomic mass is 16.6. The molecule has 4 nitrogen and oxygen atoms in total. The lowest BCUT2D eigenvalue weighted by atomic mass is 10.1. The van der Waals surface area contributed by atoms with Crippen LogP contribution in [-0.4, -0.2) is 19.0 Å². The van der Waals surface area contributed by atoms with E-state index in [1.165, 1.54) is 12.8 Å². The maximum Gasteiger partial charge on any atom is 0.363 e. The zero-order valence-corrected chi connectivity index (χ0v) is 13.1. The topological polar surface area (TPSA) is 47.9 Å². The van der Waals surface area contributed by atoms with Crippen LogP contribution < -0.4 is 4.74 Å². The Morgan fingerprint density at radius 3 is 2.82 bits per heavy atom. The molecule has 0 amide bonds. The molecule has 0 bridgehead atoms. The molecular formula is C18H21NO3. The summed E-state index contributed by atoms with van der Waals surface area (Å²) in [7, 11) is 1.67. The van der Waals surface area contributed by atoms with Crippen LogP contribution in [-0.2, 0) is 16.0 Å². The van der Waals surface area contributed by atoms with Crippen LogP contribution in [0, 0.1) is 5.92 Å². The van der Waals surface area contributed by atoms with Crippen molar-refractivity contribution in [3.63, 3.8) is 0 Å². The number of aryl methyl sites for hydroxylation is 1. The molecule has 3 rings (SSSR count). The lowest BCUT2D eigenvalue weighted by molar-refractivity contribution is -0.130. The third-order valence-corrected chi connectivity index (χ3v) is 4.33. The first-order valence-electron chi connectivity index (χ1n) is 7.90. The van der Waals surface area contributed by atoms with Crippen molar-refractivity contribution in [2.45, 2.75) is 39.0 Å². The van der Waals surface area contributed by atoms with Gasteiger partial charge in [0.2, 0.25) is 5.90 Å². The number of hydrogen-bond acceptors (Lipinski definition) is 4. The first-order chi connectivity index (χ1) is 10.7. The molecule has 2 aliphatic rings. The van der Waals surface area contributed by atoms with Crippen molar-refractivity contribution in [2.75, 3.05) is 7.11 Å². The van der Waals surface area contributed by atoms with Gasteiger partial charge in [0.05, 0.1) is 7.11 Å². The number of rotatable bonds is 4. The number of aliphatic imine (C=N–C) groups is 1. The van der Waals surface area contributed by atoms with E-state index in [4.69, 9.17) is 9.47 Å². The predicted molar refractivity (Wildman–Crippen MR) is 85.8 cm³/mol. The minimum absolute atomic E-state index is 0.317. The number of benzene rings is 1. The summed E-state index contributed by atoms with van der Waals surface area (Å²) < 4.78 is 10.7. The number of cyclic esters (lactones) is 1. The molecule has 1 fully saturated rings. The smallest absolute Gasteiger partial charge is 0.363 e. The summed E-state index contributed by atoms with van der Waals surface area (Å²) in [6.45, 7) is 2.08. The van der Waals surface area contributed by atoms with Crippen LogP contribution in [0.4, 0.5) is 0 Å². The fraction of sp³-hybridized carbons (Fsp3) is 0.444. The quantitative estimate of drug-likeness (QED) is 0.628. The highest BCUT2D eigenvalue weighted by Crippen LogP contribution is 2.30. The highest BCUT2D eigenvalue weighted by molar-refractivity contribution is 6.07. The third kappa shape index (κ3) is 2.91. The monoisotopic (exact) mass is 299 g/mol. The van der Waals surface area contributed by atoms with Gasteiger partial charge in [-0.15, -0.1) is 0 Å². The van der Waals surface area contributed by atoms with E-state index in [0.717, 1.165) is 36.1 Å². The van der Waals surface area contributed by atoms with Gasteiger partial charge in [0.15, 0.2) is 5.70 Å². The second-order valence-corrected chi connectivity index (χ2v) is 5.78. The second-order valence-electron chi connectivity index (χ2n) is 5.78. The van der Waals surface area contributed by atoms with E-state index in [9.17, 15) is 4.79 Å². The zero-order chi connectivity index (χ0) is 15.5. The number of nitrogens with zero attached hydrogens (tertiary/aromatic N) is 1. The molecule has 116 valence electrons. The molecule has 0 aromatic heterocycles. The van der Waals surface area contributed by atoms with E-state index in [1.54, 1.807) is 13.2 Å². The molecule has 0 radical (unpaired) electrons. The minimum atomic E-state index is -0.337. The normalized spacial score (nSPS) is 20.4. The van der Waals surface area contributed by atoms with E-state index in [1.807, 2.05) is 18.2 Å². The van der Waals surface area contributed by atoms with Crippen LogP contribution in [0.25, 0.3) is 6.08 Å². The van der Waals surface area contributed by atoms with Crippen molar-refractivity contribution in [1.82, 2.24) is 0 Å². The Morgan fingerprint density at radius 1 is 1.36 bits per heavy atom. The van der Waals surface area contributed by atoms with Crippen LogP contribution in [0.2, 0.25) is 0 Å². The van der Waals surface area contributed by atoms with Gasteiger partial charge >= 0.3 is 5.97 Å². The Hall–Kier alpha value is -2.10. The Morgan fingerprint density at radius 2 is 2.14 bits per heavy atom. The van der Waals surface area contributed by atoms with E-state index in [-0.39, 0.29) is 5.97 Å². The largest absolute Gasteiger partial charge is 0.496 e. The van der Waals surface area contributed by atoms with Gasteiger partial charge in [0.1, 0.15) is 5.75 Å². The van der Waals surface area contributed by atoms with Crippen molar-refractivity contribution in [2.24, 2.45) is 10.9 Å². The van der Waals surface area contributed by atoms with Crippen LogP contribution >= 0.6 is 0 Å². The van der Waals surface area contributed by atoms with E-state index < -0.39 is 0 Å². The number of methoxy groups -OCH3 is 1. The molecule has 1 saturated carbocycles. The zero-order valence-electron chi connectivity index (χ0n) is 13.1.